The van der Waals surface area contributed by atoms with Crippen LogP contribution in [0.4, 0.5) is 11.4 Å². The van der Waals surface area contributed by atoms with Crippen LogP contribution in [-0.4, -0.2) is 7.11 Å². The minimum absolute atomic E-state index is 0.373. The van der Waals surface area contributed by atoms with Crippen LogP contribution >= 0.6 is 0 Å². The second-order valence-corrected chi connectivity index (χ2v) is 4.79. The van der Waals surface area contributed by atoms with E-state index in [2.05, 4.69) is 5.32 Å². The number of para-hydroxylation sites is 1. The van der Waals surface area contributed by atoms with Gasteiger partial charge in [0.05, 0.1) is 12.8 Å². The summed E-state index contributed by atoms with van der Waals surface area (Å²) >= 11 is 0. The SMILES string of the molecule is COc1cccc(Nc2cc(=O)oc3c(C)cccc23)c1. The van der Waals surface area contributed by atoms with Crippen LogP contribution < -0.4 is 15.7 Å². The summed E-state index contributed by atoms with van der Waals surface area (Å²) in [4.78, 5) is 11.7. The van der Waals surface area contributed by atoms with E-state index < -0.39 is 0 Å². The fraction of sp³-hybridized carbons (Fsp3) is 0.118. The van der Waals surface area contributed by atoms with Crippen molar-refractivity contribution in [3.63, 3.8) is 0 Å². The number of hydrogen-bond acceptors (Lipinski definition) is 4. The Morgan fingerprint density at radius 1 is 1.10 bits per heavy atom. The lowest BCUT2D eigenvalue weighted by Crippen LogP contribution is -2.02. The van der Waals surface area contributed by atoms with Gasteiger partial charge >= 0.3 is 5.63 Å². The highest BCUT2D eigenvalue weighted by atomic mass is 16.5. The smallest absolute Gasteiger partial charge is 0.338 e. The normalized spacial score (nSPS) is 10.6. The van der Waals surface area contributed by atoms with E-state index in [1.54, 1.807) is 7.11 Å². The number of methoxy groups -OCH3 is 1. The molecule has 0 aliphatic carbocycles. The predicted octanol–water partition coefficient (Wildman–Crippen LogP) is 3.85. The van der Waals surface area contributed by atoms with Crippen LogP contribution in [0.1, 0.15) is 5.56 Å². The minimum atomic E-state index is -0.373. The number of ether oxygens (including phenoxy) is 1. The average molecular weight is 281 g/mol. The van der Waals surface area contributed by atoms with Gasteiger partial charge in [-0.15, -0.1) is 0 Å². The molecule has 0 saturated heterocycles. The Morgan fingerprint density at radius 2 is 1.90 bits per heavy atom. The molecule has 2 aromatic carbocycles. The van der Waals surface area contributed by atoms with Gasteiger partial charge in [-0.1, -0.05) is 18.2 Å². The predicted molar refractivity (Wildman–Crippen MR) is 83.5 cm³/mol. The van der Waals surface area contributed by atoms with E-state index in [0.29, 0.717) is 5.58 Å². The summed E-state index contributed by atoms with van der Waals surface area (Å²) in [5.74, 6) is 0.753. The Balaban J connectivity index is 2.12. The summed E-state index contributed by atoms with van der Waals surface area (Å²) in [6.07, 6.45) is 0. The zero-order chi connectivity index (χ0) is 14.8. The molecule has 4 nitrogen and oxygen atoms in total. The molecule has 0 aliphatic heterocycles. The Labute approximate surface area is 122 Å². The third-order valence-corrected chi connectivity index (χ3v) is 3.32. The maximum absolute atomic E-state index is 11.7. The van der Waals surface area contributed by atoms with Gasteiger partial charge in [-0.2, -0.15) is 0 Å². The summed E-state index contributed by atoms with van der Waals surface area (Å²) in [6, 6.07) is 14.8. The van der Waals surface area contributed by atoms with Crippen molar-refractivity contribution in [3.8, 4) is 5.75 Å². The number of aryl methyl sites for hydroxylation is 1. The van der Waals surface area contributed by atoms with Crippen molar-refractivity contribution in [1.29, 1.82) is 0 Å². The molecule has 3 aromatic rings. The Bertz CT molecular complexity index is 852. The Hall–Kier alpha value is -2.75. The van der Waals surface area contributed by atoms with Gasteiger partial charge in [-0.3, -0.25) is 0 Å². The first-order valence-corrected chi connectivity index (χ1v) is 6.62. The molecule has 3 rings (SSSR count). The average Bonchev–Trinajstić information content (AvgIpc) is 2.48. The molecule has 106 valence electrons. The summed E-state index contributed by atoms with van der Waals surface area (Å²) < 4.78 is 10.5. The van der Waals surface area contributed by atoms with Crippen LogP contribution in [0.3, 0.4) is 0 Å². The molecule has 0 spiro atoms. The number of rotatable bonds is 3. The molecule has 0 radical (unpaired) electrons. The maximum atomic E-state index is 11.7. The number of hydrogen-bond donors (Lipinski definition) is 1. The fourth-order valence-corrected chi connectivity index (χ4v) is 2.29. The van der Waals surface area contributed by atoms with E-state index in [-0.39, 0.29) is 5.63 Å². The first kappa shape index (κ1) is 13.2. The van der Waals surface area contributed by atoms with Crippen molar-refractivity contribution in [1.82, 2.24) is 0 Å². The largest absolute Gasteiger partial charge is 0.497 e. The lowest BCUT2D eigenvalue weighted by molar-refractivity contribution is 0.415. The zero-order valence-electron chi connectivity index (χ0n) is 11.8. The molecule has 0 aliphatic rings. The van der Waals surface area contributed by atoms with Crippen molar-refractivity contribution in [2.75, 3.05) is 12.4 Å². The second kappa shape index (κ2) is 5.32. The standard InChI is InChI=1S/C17H15NO3/c1-11-5-3-8-14-15(10-16(19)21-17(11)14)18-12-6-4-7-13(9-12)20-2/h3-10,18H,1-2H3. The van der Waals surface area contributed by atoms with Crippen LogP contribution in [0.15, 0.2) is 57.7 Å². The van der Waals surface area contributed by atoms with Crippen molar-refractivity contribution in [2.24, 2.45) is 0 Å². The van der Waals surface area contributed by atoms with Gasteiger partial charge in [0.2, 0.25) is 0 Å². The number of benzene rings is 2. The van der Waals surface area contributed by atoms with Crippen LogP contribution in [-0.2, 0) is 0 Å². The molecule has 0 saturated carbocycles. The van der Waals surface area contributed by atoms with E-state index in [1.165, 1.54) is 6.07 Å². The maximum Gasteiger partial charge on any atom is 0.338 e. The molecule has 0 amide bonds. The van der Waals surface area contributed by atoms with E-state index in [1.807, 2.05) is 49.4 Å². The van der Waals surface area contributed by atoms with Gasteiger partial charge in [-0.25, -0.2) is 4.79 Å². The lowest BCUT2D eigenvalue weighted by atomic mass is 10.1. The van der Waals surface area contributed by atoms with E-state index >= 15 is 0 Å². The Kier molecular flexibility index (Phi) is 3.36. The molecule has 21 heavy (non-hydrogen) atoms. The monoisotopic (exact) mass is 281 g/mol. The van der Waals surface area contributed by atoms with Gasteiger partial charge in [-0.05, 0) is 30.7 Å². The Morgan fingerprint density at radius 3 is 2.71 bits per heavy atom. The highest BCUT2D eigenvalue weighted by molar-refractivity contribution is 5.93. The van der Waals surface area contributed by atoms with Crippen molar-refractivity contribution in [3.05, 3.63) is 64.5 Å². The van der Waals surface area contributed by atoms with E-state index in [9.17, 15) is 4.79 Å². The van der Waals surface area contributed by atoms with E-state index in [0.717, 1.165) is 28.1 Å². The van der Waals surface area contributed by atoms with Crippen molar-refractivity contribution >= 4 is 22.3 Å². The zero-order valence-corrected chi connectivity index (χ0v) is 11.8. The highest BCUT2D eigenvalue weighted by Crippen LogP contribution is 2.28. The first-order valence-electron chi connectivity index (χ1n) is 6.62. The summed E-state index contributed by atoms with van der Waals surface area (Å²) in [7, 11) is 1.62. The van der Waals surface area contributed by atoms with Gasteiger partial charge in [0.1, 0.15) is 11.3 Å². The molecule has 1 N–H and O–H groups in total. The molecule has 0 bridgehead atoms. The molecular weight excluding hydrogens is 266 g/mol. The van der Waals surface area contributed by atoms with Crippen molar-refractivity contribution < 1.29 is 9.15 Å². The summed E-state index contributed by atoms with van der Waals surface area (Å²) in [6.45, 7) is 1.92. The number of anilines is 2. The van der Waals surface area contributed by atoms with Gasteiger partial charge in [0.25, 0.3) is 0 Å². The molecule has 1 aromatic heterocycles. The topological polar surface area (TPSA) is 51.5 Å². The molecular formula is C17H15NO3. The van der Waals surface area contributed by atoms with E-state index in [4.69, 9.17) is 9.15 Å². The molecule has 0 fully saturated rings. The number of nitrogens with one attached hydrogen (secondary N) is 1. The molecule has 0 unspecified atom stereocenters. The third kappa shape index (κ3) is 2.60. The molecule has 0 atom stereocenters. The lowest BCUT2D eigenvalue weighted by Gasteiger charge is -2.10. The van der Waals surface area contributed by atoms with Crippen molar-refractivity contribution in [2.45, 2.75) is 6.92 Å². The van der Waals surface area contributed by atoms with Crippen LogP contribution in [0.2, 0.25) is 0 Å². The number of fused-ring (bicyclic) bond motifs is 1. The third-order valence-electron chi connectivity index (χ3n) is 3.32. The minimum Gasteiger partial charge on any atom is -0.497 e. The van der Waals surface area contributed by atoms with Crippen LogP contribution in [0, 0.1) is 6.92 Å². The summed E-state index contributed by atoms with van der Waals surface area (Å²) in [5.41, 5.74) is 2.73. The molecule has 1 heterocycles. The quantitative estimate of drug-likeness (QED) is 0.741. The van der Waals surface area contributed by atoms with Gasteiger partial charge < -0.3 is 14.5 Å². The highest BCUT2D eigenvalue weighted by Gasteiger charge is 2.08. The summed E-state index contributed by atoms with van der Waals surface area (Å²) in [5, 5.41) is 4.12. The van der Waals surface area contributed by atoms with Gasteiger partial charge in [0, 0.05) is 23.2 Å². The molecule has 4 heteroatoms. The first-order chi connectivity index (χ1) is 10.2. The second-order valence-electron chi connectivity index (χ2n) is 4.79. The fourth-order valence-electron chi connectivity index (χ4n) is 2.29. The van der Waals surface area contributed by atoms with Crippen LogP contribution in [0.25, 0.3) is 11.0 Å². The van der Waals surface area contributed by atoms with Gasteiger partial charge in [0.15, 0.2) is 0 Å². The van der Waals surface area contributed by atoms with Crippen LogP contribution in [0.5, 0.6) is 5.75 Å².